The van der Waals surface area contributed by atoms with E-state index in [1.807, 2.05) is 19.9 Å². The molecule has 0 fully saturated rings. The van der Waals surface area contributed by atoms with Crippen molar-refractivity contribution in [1.29, 1.82) is 0 Å². The summed E-state index contributed by atoms with van der Waals surface area (Å²) in [6, 6.07) is 0. The molecule has 1 N–H and O–H groups in total. The second-order valence-electron chi connectivity index (χ2n) is 4.41. The van der Waals surface area contributed by atoms with Crippen LogP contribution in [0.15, 0.2) is 12.7 Å². The third-order valence-corrected chi connectivity index (χ3v) is 3.52. The Morgan fingerprint density at radius 2 is 2.32 bits per heavy atom. The van der Waals surface area contributed by atoms with E-state index in [1.165, 1.54) is 0 Å². The molecule has 1 heterocycles. The molecule has 7 heteroatoms. The first kappa shape index (κ1) is 15.6. The highest BCUT2D eigenvalue weighted by Gasteiger charge is 2.27. The molecule has 0 atom stereocenters. The third kappa shape index (κ3) is 3.99. The van der Waals surface area contributed by atoms with Gasteiger partial charge in [0, 0.05) is 31.0 Å². The van der Waals surface area contributed by atoms with E-state index in [-0.39, 0.29) is 16.5 Å². The molecule has 0 aliphatic heterocycles. The molecule has 19 heavy (non-hydrogen) atoms. The van der Waals surface area contributed by atoms with Gasteiger partial charge in [0.05, 0.1) is 4.92 Å². The Hall–Kier alpha value is -1.50. The van der Waals surface area contributed by atoms with E-state index in [9.17, 15) is 10.1 Å². The summed E-state index contributed by atoms with van der Waals surface area (Å²) < 4.78 is 1.55. The van der Waals surface area contributed by atoms with Gasteiger partial charge in [-0.15, -0.1) is 6.58 Å². The second-order valence-corrected chi connectivity index (χ2v) is 5.56. The van der Waals surface area contributed by atoms with Crippen LogP contribution in [0.3, 0.4) is 0 Å². The number of nitrogens with zero attached hydrogens (tertiary/aromatic N) is 3. The quantitative estimate of drug-likeness (QED) is 0.344. The van der Waals surface area contributed by atoms with Crippen molar-refractivity contribution in [2.75, 3.05) is 23.4 Å². The fraction of sp³-hybridized carbons (Fsp3) is 0.583. The van der Waals surface area contributed by atoms with Crippen LogP contribution in [0, 0.1) is 10.1 Å². The molecule has 0 amide bonds. The van der Waals surface area contributed by atoms with Gasteiger partial charge in [-0.2, -0.15) is 16.9 Å². The zero-order chi connectivity index (χ0) is 14.4. The van der Waals surface area contributed by atoms with Gasteiger partial charge in [0.25, 0.3) is 0 Å². The van der Waals surface area contributed by atoms with Crippen LogP contribution < -0.4 is 5.32 Å². The van der Waals surface area contributed by atoms with Gasteiger partial charge >= 0.3 is 5.69 Å². The summed E-state index contributed by atoms with van der Waals surface area (Å²) in [5.74, 6) is 2.25. The summed E-state index contributed by atoms with van der Waals surface area (Å²) in [6.45, 7) is 8.11. The lowest BCUT2D eigenvalue weighted by molar-refractivity contribution is -0.384. The molecule has 0 aliphatic carbocycles. The molecule has 1 rings (SSSR count). The molecule has 0 unspecified atom stereocenters. The lowest BCUT2D eigenvalue weighted by Gasteiger charge is -2.05. The topological polar surface area (TPSA) is 73.0 Å². The number of rotatable bonds is 8. The number of nitrogens with one attached hydrogen (secondary N) is 1. The Morgan fingerprint density at radius 3 is 2.84 bits per heavy atom. The van der Waals surface area contributed by atoms with Crippen LogP contribution in [0.5, 0.6) is 0 Å². The fourth-order valence-electron chi connectivity index (χ4n) is 1.71. The first-order chi connectivity index (χ1) is 8.99. The number of hydrogen-bond acceptors (Lipinski definition) is 5. The van der Waals surface area contributed by atoms with Crippen LogP contribution >= 0.6 is 11.8 Å². The molecule has 0 aliphatic rings. The predicted molar refractivity (Wildman–Crippen MR) is 80.0 cm³/mol. The summed E-state index contributed by atoms with van der Waals surface area (Å²) in [6.07, 6.45) is 1.84. The molecule has 0 radical (unpaired) electrons. The van der Waals surface area contributed by atoms with E-state index >= 15 is 0 Å². The Kier molecular flexibility index (Phi) is 5.88. The van der Waals surface area contributed by atoms with Gasteiger partial charge in [0.15, 0.2) is 0 Å². The molecule has 0 saturated heterocycles. The Labute approximate surface area is 117 Å². The number of hydrogen-bond donors (Lipinski definition) is 1. The highest BCUT2D eigenvalue weighted by molar-refractivity contribution is 7.99. The molecule has 1 aromatic rings. The van der Waals surface area contributed by atoms with Crippen LogP contribution in [-0.4, -0.2) is 32.8 Å². The molecule has 6 nitrogen and oxygen atoms in total. The van der Waals surface area contributed by atoms with Crippen molar-refractivity contribution >= 4 is 23.3 Å². The molecular formula is C12H20N4O2S. The molecule has 1 aromatic heterocycles. The standard InChI is InChI=1S/C12H20N4O2S/c1-5-7-19-8-6-13-12-11(16(17)18)10(9(2)3)14-15(12)4/h5,9,13H,1,6-8H2,2-4H3. The van der Waals surface area contributed by atoms with Crippen LogP contribution in [0.2, 0.25) is 0 Å². The minimum Gasteiger partial charge on any atom is -0.364 e. The summed E-state index contributed by atoms with van der Waals surface area (Å²) in [7, 11) is 1.72. The average molecular weight is 284 g/mol. The number of aromatic nitrogens is 2. The Balaban J connectivity index is 2.81. The maximum atomic E-state index is 11.2. The number of aryl methyl sites for hydroxylation is 1. The minimum absolute atomic E-state index is 0.0253. The zero-order valence-electron chi connectivity index (χ0n) is 11.5. The van der Waals surface area contributed by atoms with E-state index in [2.05, 4.69) is 17.0 Å². The van der Waals surface area contributed by atoms with Gasteiger partial charge in [-0.1, -0.05) is 19.9 Å². The first-order valence-corrected chi connectivity index (χ1v) is 7.28. The summed E-state index contributed by atoms with van der Waals surface area (Å²) >= 11 is 1.73. The number of anilines is 1. The van der Waals surface area contributed by atoms with E-state index in [0.29, 0.717) is 18.1 Å². The normalized spacial score (nSPS) is 10.7. The lowest BCUT2D eigenvalue weighted by Crippen LogP contribution is -2.09. The molecule has 0 saturated carbocycles. The molecular weight excluding hydrogens is 264 g/mol. The van der Waals surface area contributed by atoms with Crippen molar-refractivity contribution in [3.63, 3.8) is 0 Å². The average Bonchev–Trinajstić information content (AvgIpc) is 2.67. The lowest BCUT2D eigenvalue weighted by atomic mass is 10.1. The van der Waals surface area contributed by atoms with E-state index in [0.717, 1.165) is 11.5 Å². The maximum absolute atomic E-state index is 11.2. The summed E-state index contributed by atoms with van der Waals surface area (Å²) in [5, 5.41) is 18.5. The van der Waals surface area contributed by atoms with Crippen LogP contribution in [0.4, 0.5) is 11.5 Å². The van der Waals surface area contributed by atoms with E-state index < -0.39 is 0 Å². The maximum Gasteiger partial charge on any atom is 0.334 e. The predicted octanol–water partition coefficient (Wildman–Crippen LogP) is 2.78. The van der Waals surface area contributed by atoms with Crippen molar-refractivity contribution in [3.8, 4) is 0 Å². The van der Waals surface area contributed by atoms with E-state index in [4.69, 9.17) is 0 Å². The van der Waals surface area contributed by atoms with Gasteiger partial charge < -0.3 is 5.32 Å². The largest absolute Gasteiger partial charge is 0.364 e. The monoisotopic (exact) mass is 284 g/mol. The molecule has 0 spiro atoms. The van der Waals surface area contributed by atoms with Crippen LogP contribution in [0.1, 0.15) is 25.5 Å². The van der Waals surface area contributed by atoms with Gasteiger partial charge in [-0.3, -0.25) is 10.1 Å². The smallest absolute Gasteiger partial charge is 0.334 e. The van der Waals surface area contributed by atoms with Gasteiger partial charge in [-0.25, -0.2) is 4.68 Å². The first-order valence-electron chi connectivity index (χ1n) is 6.12. The zero-order valence-corrected chi connectivity index (χ0v) is 12.4. The summed E-state index contributed by atoms with van der Waals surface area (Å²) in [5.41, 5.74) is 0.611. The number of thioether (sulfide) groups is 1. The van der Waals surface area contributed by atoms with Gasteiger partial charge in [0.2, 0.25) is 5.82 Å². The summed E-state index contributed by atoms with van der Waals surface area (Å²) in [4.78, 5) is 10.8. The highest BCUT2D eigenvalue weighted by Crippen LogP contribution is 2.32. The third-order valence-electron chi connectivity index (χ3n) is 2.55. The van der Waals surface area contributed by atoms with E-state index in [1.54, 1.807) is 23.5 Å². The van der Waals surface area contributed by atoms with Crippen molar-refractivity contribution in [1.82, 2.24) is 9.78 Å². The minimum atomic E-state index is -0.360. The van der Waals surface area contributed by atoms with Crippen molar-refractivity contribution in [2.45, 2.75) is 19.8 Å². The Morgan fingerprint density at radius 1 is 1.63 bits per heavy atom. The fourth-order valence-corrected chi connectivity index (χ4v) is 2.29. The molecule has 0 aromatic carbocycles. The molecule has 106 valence electrons. The van der Waals surface area contributed by atoms with Crippen molar-refractivity contribution in [2.24, 2.45) is 7.05 Å². The highest BCUT2D eigenvalue weighted by atomic mass is 32.2. The van der Waals surface area contributed by atoms with Gasteiger partial charge in [0.1, 0.15) is 5.69 Å². The van der Waals surface area contributed by atoms with Gasteiger partial charge in [-0.05, 0) is 0 Å². The molecule has 0 bridgehead atoms. The van der Waals surface area contributed by atoms with Crippen molar-refractivity contribution < 1.29 is 4.92 Å². The Bertz CT molecular complexity index is 457. The van der Waals surface area contributed by atoms with Crippen LogP contribution in [-0.2, 0) is 7.05 Å². The van der Waals surface area contributed by atoms with Crippen molar-refractivity contribution in [3.05, 3.63) is 28.5 Å². The SMILES string of the molecule is C=CCSCCNc1c([N+](=O)[O-])c(C(C)C)nn1C. The second kappa shape index (κ2) is 7.18. The number of nitro groups is 1. The van der Waals surface area contributed by atoms with Crippen LogP contribution in [0.25, 0.3) is 0 Å².